The molecule has 2 heterocycles. The van der Waals surface area contributed by atoms with Crippen molar-refractivity contribution in [3.63, 3.8) is 0 Å². The summed E-state index contributed by atoms with van der Waals surface area (Å²) in [4.78, 5) is 19.0. The molecule has 1 aliphatic rings. The van der Waals surface area contributed by atoms with Gasteiger partial charge in [-0.1, -0.05) is 0 Å². The van der Waals surface area contributed by atoms with Gasteiger partial charge in [0, 0.05) is 32.9 Å². The van der Waals surface area contributed by atoms with Crippen LogP contribution in [0.5, 0.6) is 0 Å². The molecule has 0 aliphatic carbocycles. The first-order valence-electron chi connectivity index (χ1n) is 6.58. The van der Waals surface area contributed by atoms with E-state index < -0.39 is 5.60 Å². The van der Waals surface area contributed by atoms with Gasteiger partial charge >= 0.3 is 0 Å². The molecule has 1 aromatic heterocycles. The smallest absolute Gasteiger partial charge is 0.251 e. The maximum absolute atomic E-state index is 11.7. The predicted molar refractivity (Wildman–Crippen MR) is 71.0 cm³/mol. The van der Waals surface area contributed by atoms with Crippen molar-refractivity contribution in [3.05, 3.63) is 27.9 Å². The molecule has 6 heteroatoms. The van der Waals surface area contributed by atoms with Crippen LogP contribution in [0.1, 0.15) is 31.3 Å². The number of ether oxygens (including phenoxy) is 2. The summed E-state index contributed by atoms with van der Waals surface area (Å²) in [5.74, 6) is 0.626. The summed E-state index contributed by atoms with van der Waals surface area (Å²) in [5.41, 5.74) is 0.138. The van der Waals surface area contributed by atoms with E-state index in [1.165, 1.54) is 6.07 Å². The first kappa shape index (κ1) is 14.2. The van der Waals surface area contributed by atoms with Gasteiger partial charge in [0.2, 0.25) is 0 Å². The molecule has 0 spiro atoms. The Hall–Kier alpha value is -1.24. The van der Waals surface area contributed by atoms with Crippen LogP contribution in [0.25, 0.3) is 0 Å². The minimum Gasteiger partial charge on any atom is -0.383 e. The summed E-state index contributed by atoms with van der Waals surface area (Å²) in [6.07, 6.45) is 1.88. The molecule has 1 unspecified atom stereocenters. The van der Waals surface area contributed by atoms with Gasteiger partial charge < -0.3 is 19.8 Å². The fourth-order valence-electron chi connectivity index (χ4n) is 2.21. The second-order valence-corrected chi connectivity index (χ2v) is 4.94. The van der Waals surface area contributed by atoms with E-state index in [1.807, 2.05) is 6.92 Å². The number of nitrogens with one attached hydrogen (secondary N) is 2. The van der Waals surface area contributed by atoms with Crippen LogP contribution in [0.2, 0.25) is 0 Å². The Kier molecular flexibility index (Phi) is 4.68. The quantitative estimate of drug-likeness (QED) is 0.735. The molecule has 0 radical (unpaired) electrons. The molecule has 1 atom stereocenters. The summed E-state index contributed by atoms with van der Waals surface area (Å²) in [6.45, 7) is 4.61. The van der Waals surface area contributed by atoms with Gasteiger partial charge in [0.15, 0.2) is 0 Å². The molecule has 0 bridgehead atoms. The Bertz CT molecular complexity index is 466. The van der Waals surface area contributed by atoms with Gasteiger partial charge in [0.05, 0.1) is 12.3 Å². The highest BCUT2D eigenvalue weighted by molar-refractivity contribution is 5.09. The first-order valence-corrected chi connectivity index (χ1v) is 6.58. The van der Waals surface area contributed by atoms with Crippen LogP contribution in [0.15, 0.2) is 10.9 Å². The maximum atomic E-state index is 11.7. The van der Waals surface area contributed by atoms with Crippen LogP contribution in [-0.2, 0) is 21.6 Å². The number of aromatic nitrogens is 2. The zero-order valence-electron chi connectivity index (χ0n) is 11.5. The van der Waals surface area contributed by atoms with E-state index in [4.69, 9.17) is 9.47 Å². The molecule has 1 aromatic rings. The predicted octanol–water partition coefficient (Wildman–Crippen LogP) is 0.531. The Morgan fingerprint density at radius 2 is 2.47 bits per heavy atom. The molecule has 0 aromatic carbocycles. The SMILES string of the molecule is COCCNCc1cc(=O)[nH]c(C2(C)CCCO2)n1. The summed E-state index contributed by atoms with van der Waals surface area (Å²) in [6, 6.07) is 1.52. The Morgan fingerprint density at radius 1 is 1.63 bits per heavy atom. The van der Waals surface area contributed by atoms with Crippen LogP contribution in [0, 0.1) is 0 Å². The van der Waals surface area contributed by atoms with Crippen LogP contribution in [0.3, 0.4) is 0 Å². The molecule has 1 aliphatic heterocycles. The lowest BCUT2D eigenvalue weighted by molar-refractivity contribution is 0.00893. The van der Waals surface area contributed by atoms with Crippen molar-refractivity contribution in [3.8, 4) is 0 Å². The minimum atomic E-state index is -0.457. The maximum Gasteiger partial charge on any atom is 0.251 e. The Balaban J connectivity index is 2.09. The van der Waals surface area contributed by atoms with Gasteiger partial charge in [-0.25, -0.2) is 4.98 Å². The van der Waals surface area contributed by atoms with Crippen molar-refractivity contribution in [2.45, 2.75) is 31.9 Å². The third-order valence-corrected chi connectivity index (χ3v) is 3.30. The van der Waals surface area contributed by atoms with Gasteiger partial charge in [-0.05, 0) is 19.8 Å². The van der Waals surface area contributed by atoms with Crippen molar-refractivity contribution < 1.29 is 9.47 Å². The van der Waals surface area contributed by atoms with Crippen LogP contribution >= 0.6 is 0 Å². The molecule has 2 N–H and O–H groups in total. The fourth-order valence-corrected chi connectivity index (χ4v) is 2.21. The number of aromatic amines is 1. The number of rotatable bonds is 6. The molecular formula is C13H21N3O3. The third-order valence-electron chi connectivity index (χ3n) is 3.30. The average Bonchev–Trinajstić information content (AvgIpc) is 2.82. The van der Waals surface area contributed by atoms with Gasteiger partial charge in [-0.3, -0.25) is 4.79 Å². The van der Waals surface area contributed by atoms with Crippen molar-refractivity contribution in [1.82, 2.24) is 15.3 Å². The van der Waals surface area contributed by atoms with Gasteiger partial charge in [-0.2, -0.15) is 0 Å². The zero-order valence-corrected chi connectivity index (χ0v) is 11.5. The lowest BCUT2D eigenvalue weighted by Crippen LogP contribution is -2.29. The highest BCUT2D eigenvalue weighted by Crippen LogP contribution is 2.32. The lowest BCUT2D eigenvalue weighted by atomic mass is 10.0. The van der Waals surface area contributed by atoms with E-state index in [-0.39, 0.29) is 5.56 Å². The minimum absolute atomic E-state index is 0.134. The van der Waals surface area contributed by atoms with E-state index in [0.29, 0.717) is 19.0 Å². The van der Waals surface area contributed by atoms with Gasteiger partial charge in [0.25, 0.3) is 5.56 Å². The number of nitrogens with zero attached hydrogens (tertiary/aromatic N) is 1. The standard InChI is InChI=1S/C13H21N3O3/c1-13(4-3-6-19-13)12-15-10(8-11(17)16-12)9-14-5-7-18-2/h8,14H,3-7,9H2,1-2H3,(H,15,16,17). The summed E-state index contributed by atoms with van der Waals surface area (Å²) >= 11 is 0. The summed E-state index contributed by atoms with van der Waals surface area (Å²) in [5, 5.41) is 3.18. The zero-order chi connectivity index (χ0) is 13.7. The average molecular weight is 267 g/mol. The van der Waals surface area contributed by atoms with E-state index in [0.717, 1.165) is 31.7 Å². The highest BCUT2D eigenvalue weighted by Gasteiger charge is 2.34. The number of hydrogen-bond donors (Lipinski definition) is 2. The van der Waals surface area contributed by atoms with Gasteiger partial charge in [-0.15, -0.1) is 0 Å². The van der Waals surface area contributed by atoms with E-state index in [9.17, 15) is 4.79 Å². The fraction of sp³-hybridized carbons (Fsp3) is 0.692. The van der Waals surface area contributed by atoms with E-state index in [1.54, 1.807) is 7.11 Å². The van der Waals surface area contributed by atoms with Crippen molar-refractivity contribution in [2.75, 3.05) is 26.9 Å². The lowest BCUT2D eigenvalue weighted by Gasteiger charge is -2.22. The second-order valence-electron chi connectivity index (χ2n) is 4.94. The molecule has 1 fully saturated rings. The number of H-pyrrole nitrogens is 1. The monoisotopic (exact) mass is 267 g/mol. The third kappa shape index (κ3) is 3.62. The number of hydrogen-bond acceptors (Lipinski definition) is 5. The Morgan fingerprint density at radius 3 is 3.16 bits per heavy atom. The molecule has 2 rings (SSSR count). The Labute approximate surface area is 112 Å². The molecule has 6 nitrogen and oxygen atoms in total. The van der Waals surface area contributed by atoms with Crippen LogP contribution in [0.4, 0.5) is 0 Å². The topological polar surface area (TPSA) is 76.2 Å². The van der Waals surface area contributed by atoms with Crippen molar-refractivity contribution in [2.24, 2.45) is 0 Å². The summed E-state index contributed by atoms with van der Waals surface area (Å²) < 4.78 is 10.7. The molecule has 106 valence electrons. The molecular weight excluding hydrogens is 246 g/mol. The molecule has 0 amide bonds. The number of methoxy groups -OCH3 is 1. The normalized spacial score (nSPS) is 22.8. The largest absolute Gasteiger partial charge is 0.383 e. The van der Waals surface area contributed by atoms with E-state index >= 15 is 0 Å². The van der Waals surface area contributed by atoms with Crippen LogP contribution in [-0.4, -0.2) is 36.8 Å². The van der Waals surface area contributed by atoms with Crippen molar-refractivity contribution >= 4 is 0 Å². The molecule has 0 saturated carbocycles. The van der Waals surface area contributed by atoms with Crippen molar-refractivity contribution in [1.29, 1.82) is 0 Å². The van der Waals surface area contributed by atoms with Crippen LogP contribution < -0.4 is 10.9 Å². The second kappa shape index (κ2) is 6.27. The first-order chi connectivity index (χ1) is 9.14. The van der Waals surface area contributed by atoms with Gasteiger partial charge in [0.1, 0.15) is 11.4 Å². The summed E-state index contributed by atoms with van der Waals surface area (Å²) in [7, 11) is 1.66. The molecule has 19 heavy (non-hydrogen) atoms. The molecule has 1 saturated heterocycles. The highest BCUT2D eigenvalue weighted by atomic mass is 16.5. The van der Waals surface area contributed by atoms with E-state index in [2.05, 4.69) is 15.3 Å².